The van der Waals surface area contributed by atoms with E-state index >= 15 is 0 Å². The molecule has 1 N–H and O–H groups in total. The summed E-state index contributed by atoms with van der Waals surface area (Å²) in [7, 11) is 0. The Kier molecular flexibility index (Phi) is 4.72. The lowest BCUT2D eigenvalue weighted by atomic mass is 10.2. The maximum atomic E-state index is 13.0. The van der Waals surface area contributed by atoms with E-state index in [2.05, 4.69) is 5.32 Å². The van der Waals surface area contributed by atoms with Crippen LogP contribution in [0.25, 0.3) is 0 Å². The van der Waals surface area contributed by atoms with Crippen LogP contribution in [0, 0.1) is 11.6 Å². The van der Waals surface area contributed by atoms with Crippen molar-refractivity contribution in [2.24, 2.45) is 0 Å². The van der Waals surface area contributed by atoms with Gasteiger partial charge in [0.05, 0.1) is 0 Å². The Morgan fingerprint density at radius 2 is 1.57 bits per heavy atom. The van der Waals surface area contributed by atoms with Gasteiger partial charge in [0.1, 0.15) is 0 Å². The molecule has 0 aliphatic carbocycles. The lowest BCUT2D eigenvalue weighted by molar-refractivity contribution is -0.0328. The lowest BCUT2D eigenvalue weighted by Crippen LogP contribution is -2.01. The summed E-state index contributed by atoms with van der Waals surface area (Å²) in [5.41, 5.74) is -3.20. The number of hydrogen-bond donors (Lipinski definition) is 1. The van der Waals surface area contributed by atoms with E-state index in [1.54, 1.807) is 0 Å². The van der Waals surface area contributed by atoms with E-state index in [0.29, 0.717) is 11.3 Å². The summed E-state index contributed by atoms with van der Waals surface area (Å²) in [4.78, 5) is 0.0841. The van der Waals surface area contributed by atoms with Gasteiger partial charge in [-0.05, 0) is 53.7 Å². The SMILES string of the molecule is Fc1ccc(CNc2ccc(SC(F)(F)F)cc2)cc1F. The Balaban J connectivity index is 1.96. The van der Waals surface area contributed by atoms with Gasteiger partial charge in [-0.1, -0.05) is 6.07 Å². The third kappa shape index (κ3) is 4.93. The fourth-order valence-electron chi connectivity index (χ4n) is 1.63. The zero-order chi connectivity index (χ0) is 15.5. The van der Waals surface area contributed by atoms with Crippen molar-refractivity contribution in [1.29, 1.82) is 0 Å². The van der Waals surface area contributed by atoms with Crippen LogP contribution in [0.5, 0.6) is 0 Å². The predicted octanol–water partition coefficient (Wildman–Crippen LogP) is 5.19. The monoisotopic (exact) mass is 319 g/mol. The Labute approximate surface area is 122 Å². The summed E-state index contributed by atoms with van der Waals surface area (Å²) in [6.45, 7) is 0.239. The maximum absolute atomic E-state index is 13.0. The normalized spacial score (nSPS) is 11.5. The first-order valence-electron chi connectivity index (χ1n) is 5.87. The Morgan fingerprint density at radius 3 is 2.14 bits per heavy atom. The van der Waals surface area contributed by atoms with Crippen molar-refractivity contribution in [2.75, 3.05) is 5.32 Å². The van der Waals surface area contributed by atoms with Gasteiger partial charge in [-0.3, -0.25) is 0 Å². The van der Waals surface area contributed by atoms with E-state index in [9.17, 15) is 22.0 Å². The van der Waals surface area contributed by atoms with Crippen molar-refractivity contribution < 1.29 is 22.0 Å². The molecule has 0 unspecified atom stereocenters. The van der Waals surface area contributed by atoms with Crippen molar-refractivity contribution in [3.8, 4) is 0 Å². The molecule has 1 nitrogen and oxygen atoms in total. The molecule has 2 rings (SSSR count). The van der Waals surface area contributed by atoms with Gasteiger partial charge in [-0.2, -0.15) is 13.2 Å². The van der Waals surface area contributed by atoms with E-state index in [1.807, 2.05) is 0 Å². The molecule has 2 aromatic rings. The topological polar surface area (TPSA) is 12.0 Å². The van der Waals surface area contributed by atoms with Gasteiger partial charge < -0.3 is 5.32 Å². The van der Waals surface area contributed by atoms with Crippen LogP contribution >= 0.6 is 11.8 Å². The van der Waals surface area contributed by atoms with Crippen molar-refractivity contribution in [3.63, 3.8) is 0 Å². The summed E-state index contributed by atoms with van der Waals surface area (Å²) in [5, 5.41) is 2.92. The molecule has 0 atom stereocenters. The van der Waals surface area contributed by atoms with E-state index < -0.39 is 17.1 Å². The predicted molar refractivity (Wildman–Crippen MR) is 72.0 cm³/mol. The largest absolute Gasteiger partial charge is 0.446 e. The molecule has 0 saturated heterocycles. The molecule has 0 aromatic heterocycles. The van der Waals surface area contributed by atoms with E-state index in [1.165, 1.54) is 30.3 Å². The minimum atomic E-state index is -4.32. The van der Waals surface area contributed by atoms with Crippen LogP contribution in [0.1, 0.15) is 5.56 Å². The highest BCUT2D eigenvalue weighted by molar-refractivity contribution is 8.00. The summed E-state index contributed by atoms with van der Waals surface area (Å²) >= 11 is -0.192. The third-order valence-corrected chi connectivity index (χ3v) is 3.31. The standard InChI is InChI=1S/C14H10F5NS/c15-12-6-1-9(7-13(12)16)8-20-10-2-4-11(5-3-10)21-14(17,18)19/h1-7,20H,8H2. The minimum Gasteiger partial charge on any atom is -0.381 e. The van der Waals surface area contributed by atoms with Crippen LogP contribution in [-0.4, -0.2) is 5.51 Å². The molecule has 0 heterocycles. The summed E-state index contributed by atoms with van der Waals surface area (Å²) in [5.74, 6) is -1.86. The second-order valence-corrected chi connectivity index (χ2v) is 5.31. The number of thioether (sulfide) groups is 1. The van der Waals surface area contributed by atoms with Crippen LogP contribution in [-0.2, 0) is 6.54 Å². The molecular weight excluding hydrogens is 309 g/mol. The molecule has 0 radical (unpaired) electrons. The van der Waals surface area contributed by atoms with Crippen LogP contribution < -0.4 is 5.32 Å². The number of rotatable bonds is 4. The molecule has 7 heteroatoms. The van der Waals surface area contributed by atoms with Gasteiger partial charge in [0, 0.05) is 17.1 Å². The Bertz CT molecular complexity index is 610. The average Bonchev–Trinajstić information content (AvgIpc) is 2.40. The van der Waals surface area contributed by atoms with E-state index in [4.69, 9.17) is 0 Å². The van der Waals surface area contributed by atoms with Crippen molar-refractivity contribution in [1.82, 2.24) is 0 Å². The molecule has 0 amide bonds. The van der Waals surface area contributed by atoms with Gasteiger partial charge in [-0.15, -0.1) is 0 Å². The van der Waals surface area contributed by atoms with Crippen LogP contribution in [0.3, 0.4) is 0 Å². The summed E-state index contributed by atoms with van der Waals surface area (Å²) < 4.78 is 62.2. The van der Waals surface area contributed by atoms with Gasteiger partial charge >= 0.3 is 5.51 Å². The fraction of sp³-hybridized carbons (Fsp3) is 0.143. The minimum absolute atomic E-state index is 0.0841. The van der Waals surface area contributed by atoms with Gasteiger partial charge in [0.25, 0.3) is 0 Å². The second kappa shape index (κ2) is 6.34. The first-order valence-corrected chi connectivity index (χ1v) is 6.69. The molecule has 21 heavy (non-hydrogen) atoms. The third-order valence-electron chi connectivity index (χ3n) is 2.57. The van der Waals surface area contributed by atoms with Gasteiger partial charge in [0.2, 0.25) is 0 Å². The highest BCUT2D eigenvalue weighted by atomic mass is 32.2. The molecule has 0 aliphatic heterocycles. The number of halogens is 5. The molecule has 0 spiro atoms. The molecule has 2 aromatic carbocycles. The van der Waals surface area contributed by atoms with Gasteiger partial charge in [-0.25, -0.2) is 8.78 Å². The van der Waals surface area contributed by atoms with Crippen molar-refractivity contribution in [2.45, 2.75) is 16.9 Å². The first kappa shape index (κ1) is 15.6. The molecular formula is C14H10F5NS. The Morgan fingerprint density at radius 1 is 0.905 bits per heavy atom. The van der Waals surface area contributed by atoms with Crippen LogP contribution in [0.4, 0.5) is 27.6 Å². The first-order chi connectivity index (χ1) is 9.83. The molecule has 0 aliphatic rings. The molecule has 0 bridgehead atoms. The Hall–Kier alpha value is -1.76. The number of benzene rings is 2. The van der Waals surface area contributed by atoms with Crippen molar-refractivity contribution in [3.05, 3.63) is 59.7 Å². The van der Waals surface area contributed by atoms with Crippen molar-refractivity contribution >= 4 is 17.4 Å². The fourth-order valence-corrected chi connectivity index (χ4v) is 2.17. The van der Waals surface area contributed by atoms with Crippen LogP contribution in [0.15, 0.2) is 47.4 Å². The quantitative estimate of drug-likeness (QED) is 0.615. The number of anilines is 1. The average molecular weight is 319 g/mol. The maximum Gasteiger partial charge on any atom is 0.446 e. The number of nitrogens with one attached hydrogen (secondary N) is 1. The smallest absolute Gasteiger partial charge is 0.381 e. The van der Waals surface area contributed by atoms with E-state index in [-0.39, 0.29) is 23.2 Å². The zero-order valence-electron chi connectivity index (χ0n) is 10.5. The molecule has 0 fully saturated rings. The van der Waals surface area contributed by atoms with E-state index in [0.717, 1.165) is 12.1 Å². The molecule has 0 saturated carbocycles. The zero-order valence-corrected chi connectivity index (χ0v) is 11.4. The summed E-state index contributed by atoms with van der Waals surface area (Å²) in [6.07, 6.45) is 0. The molecule has 112 valence electrons. The second-order valence-electron chi connectivity index (χ2n) is 4.17. The summed E-state index contributed by atoms with van der Waals surface area (Å²) in [6, 6.07) is 9.18. The lowest BCUT2D eigenvalue weighted by Gasteiger charge is -2.09. The number of hydrogen-bond acceptors (Lipinski definition) is 2. The number of alkyl halides is 3. The van der Waals surface area contributed by atoms with Crippen LogP contribution in [0.2, 0.25) is 0 Å². The highest BCUT2D eigenvalue weighted by Crippen LogP contribution is 2.37. The van der Waals surface area contributed by atoms with Gasteiger partial charge in [0.15, 0.2) is 11.6 Å². The highest BCUT2D eigenvalue weighted by Gasteiger charge is 2.28.